The molecule has 1 saturated heterocycles. The van der Waals surface area contributed by atoms with Crippen molar-refractivity contribution >= 4 is 29.9 Å². The molecule has 9 heteroatoms. The van der Waals surface area contributed by atoms with Crippen LogP contribution in [0.3, 0.4) is 0 Å². The maximum atomic E-state index is 12.3. The van der Waals surface area contributed by atoms with Gasteiger partial charge in [0.05, 0.1) is 13.2 Å². The summed E-state index contributed by atoms with van der Waals surface area (Å²) in [4.78, 5) is 24.1. The van der Waals surface area contributed by atoms with Gasteiger partial charge in [0.1, 0.15) is 6.10 Å². The number of ether oxygens (including phenoxy) is 3. The third kappa shape index (κ3) is 5.98. The molecule has 1 aromatic rings. The first-order chi connectivity index (χ1) is 12.6. The summed E-state index contributed by atoms with van der Waals surface area (Å²) < 4.78 is 16.4. The van der Waals surface area contributed by atoms with Crippen LogP contribution in [0.15, 0.2) is 18.2 Å². The van der Waals surface area contributed by atoms with E-state index in [1.54, 1.807) is 18.2 Å². The molecule has 0 radical (unpaired) electrons. The lowest BCUT2D eigenvalue weighted by Gasteiger charge is -2.15. The first-order valence-corrected chi connectivity index (χ1v) is 8.85. The Kier molecular flexibility index (Phi) is 7.70. The minimum absolute atomic E-state index is 0. The van der Waals surface area contributed by atoms with Crippen molar-refractivity contribution in [3.63, 3.8) is 0 Å². The first-order valence-electron chi connectivity index (χ1n) is 8.85. The van der Waals surface area contributed by atoms with E-state index in [1.165, 1.54) is 7.11 Å². The Morgan fingerprint density at radius 2 is 2.00 bits per heavy atom. The van der Waals surface area contributed by atoms with Gasteiger partial charge in [0, 0.05) is 24.3 Å². The number of amides is 2. The molecule has 3 rings (SSSR count). The highest BCUT2D eigenvalue weighted by Gasteiger charge is 2.30. The molecule has 1 heterocycles. The topological polar surface area (TPSA) is 112 Å². The molecule has 0 unspecified atom stereocenters. The van der Waals surface area contributed by atoms with Crippen LogP contribution < -0.4 is 25.8 Å². The predicted octanol–water partition coefficient (Wildman–Crippen LogP) is 1.22. The van der Waals surface area contributed by atoms with E-state index in [-0.39, 0.29) is 43.0 Å². The van der Waals surface area contributed by atoms with Crippen LogP contribution in [-0.4, -0.2) is 50.3 Å². The molecule has 150 valence electrons. The molecule has 1 aromatic carbocycles. The average molecular weight is 400 g/mol. The summed E-state index contributed by atoms with van der Waals surface area (Å²) in [5.74, 6) is 0.491. The lowest BCUT2D eigenvalue weighted by Crippen LogP contribution is -2.30. The van der Waals surface area contributed by atoms with Gasteiger partial charge in [-0.15, -0.1) is 12.4 Å². The van der Waals surface area contributed by atoms with Crippen molar-refractivity contribution in [3.8, 4) is 11.5 Å². The molecule has 1 aliphatic carbocycles. The van der Waals surface area contributed by atoms with Crippen LogP contribution in [0.25, 0.3) is 0 Å². The molecule has 27 heavy (non-hydrogen) atoms. The van der Waals surface area contributed by atoms with E-state index >= 15 is 0 Å². The van der Waals surface area contributed by atoms with E-state index in [9.17, 15) is 9.59 Å². The Morgan fingerprint density at radius 1 is 1.22 bits per heavy atom. The second-order valence-corrected chi connectivity index (χ2v) is 6.55. The summed E-state index contributed by atoms with van der Waals surface area (Å²) in [6.07, 6.45) is 2.90. The molecule has 4 N–H and O–H groups in total. The Morgan fingerprint density at radius 3 is 2.63 bits per heavy atom. The molecule has 1 saturated carbocycles. The van der Waals surface area contributed by atoms with Gasteiger partial charge in [-0.05, 0) is 37.8 Å². The van der Waals surface area contributed by atoms with Crippen molar-refractivity contribution in [2.45, 2.75) is 43.9 Å². The van der Waals surface area contributed by atoms with Crippen molar-refractivity contribution in [3.05, 3.63) is 18.2 Å². The SMILES string of the molecule is COc1ccc(NC(=O)[C@@H]2CC[C@H](CN)O2)cc1OCC(=O)NC1CC1.Cl. The highest BCUT2D eigenvalue weighted by molar-refractivity contribution is 5.94. The van der Waals surface area contributed by atoms with Gasteiger partial charge in [0.2, 0.25) is 0 Å². The number of nitrogens with two attached hydrogens (primary N) is 1. The van der Waals surface area contributed by atoms with Gasteiger partial charge in [-0.3, -0.25) is 9.59 Å². The fraction of sp³-hybridized carbons (Fsp3) is 0.556. The van der Waals surface area contributed by atoms with Crippen LogP contribution in [0.5, 0.6) is 11.5 Å². The number of halogens is 1. The van der Waals surface area contributed by atoms with Crippen LogP contribution in [-0.2, 0) is 14.3 Å². The third-order valence-corrected chi connectivity index (χ3v) is 4.40. The average Bonchev–Trinajstić information content (AvgIpc) is 3.32. The number of benzene rings is 1. The van der Waals surface area contributed by atoms with Gasteiger partial charge in [-0.25, -0.2) is 0 Å². The molecule has 2 fully saturated rings. The summed E-state index contributed by atoms with van der Waals surface area (Å²) in [7, 11) is 1.52. The van der Waals surface area contributed by atoms with E-state index in [0.717, 1.165) is 19.3 Å². The van der Waals surface area contributed by atoms with Gasteiger partial charge < -0.3 is 30.6 Å². The first kappa shape index (κ1) is 21.3. The third-order valence-electron chi connectivity index (χ3n) is 4.40. The Hall–Kier alpha value is -2.03. The molecule has 0 aromatic heterocycles. The standard InChI is InChI=1S/C18H25N3O5.ClH/c1-24-14-6-4-12(21-18(23)15-7-5-13(9-19)26-15)8-16(14)25-10-17(22)20-11-2-3-11;/h4,6,8,11,13,15H,2-3,5,7,9-10,19H2,1H3,(H,20,22)(H,21,23);1H/t13-,15+;/m1./s1. The van der Waals surface area contributed by atoms with Gasteiger partial charge in [0.25, 0.3) is 11.8 Å². The zero-order chi connectivity index (χ0) is 18.5. The molecule has 0 spiro atoms. The normalized spacial score (nSPS) is 21.1. The minimum atomic E-state index is -0.501. The lowest BCUT2D eigenvalue weighted by molar-refractivity contribution is -0.126. The van der Waals surface area contributed by atoms with Gasteiger partial charge in [-0.2, -0.15) is 0 Å². The number of methoxy groups -OCH3 is 1. The number of hydrogen-bond acceptors (Lipinski definition) is 6. The highest BCUT2D eigenvalue weighted by Crippen LogP contribution is 2.31. The predicted molar refractivity (Wildman–Crippen MR) is 102 cm³/mol. The molecule has 2 atom stereocenters. The van der Waals surface area contributed by atoms with Crippen LogP contribution in [0.2, 0.25) is 0 Å². The monoisotopic (exact) mass is 399 g/mol. The maximum absolute atomic E-state index is 12.3. The van der Waals surface area contributed by atoms with Crippen LogP contribution in [0.1, 0.15) is 25.7 Å². The fourth-order valence-electron chi connectivity index (χ4n) is 2.80. The van der Waals surface area contributed by atoms with Gasteiger partial charge in [0.15, 0.2) is 18.1 Å². The number of carbonyl (C=O) groups is 2. The smallest absolute Gasteiger partial charge is 0.258 e. The maximum Gasteiger partial charge on any atom is 0.258 e. The lowest BCUT2D eigenvalue weighted by atomic mass is 10.2. The Labute approximate surface area is 164 Å². The van der Waals surface area contributed by atoms with Crippen molar-refractivity contribution < 1.29 is 23.8 Å². The zero-order valence-corrected chi connectivity index (χ0v) is 16.1. The number of anilines is 1. The van der Waals surface area contributed by atoms with Gasteiger partial charge >= 0.3 is 0 Å². The Bertz CT molecular complexity index is 668. The molecule has 2 aliphatic rings. The summed E-state index contributed by atoms with van der Waals surface area (Å²) >= 11 is 0. The number of nitrogens with one attached hydrogen (secondary N) is 2. The van der Waals surface area contributed by atoms with Crippen molar-refractivity contribution in [1.82, 2.24) is 5.32 Å². The van der Waals surface area contributed by atoms with Crippen LogP contribution in [0.4, 0.5) is 5.69 Å². The van der Waals surface area contributed by atoms with E-state index in [1.807, 2.05) is 0 Å². The van der Waals surface area contributed by atoms with E-state index in [0.29, 0.717) is 30.2 Å². The van der Waals surface area contributed by atoms with E-state index in [4.69, 9.17) is 19.9 Å². The quantitative estimate of drug-likeness (QED) is 0.606. The fourth-order valence-corrected chi connectivity index (χ4v) is 2.80. The van der Waals surface area contributed by atoms with Crippen LogP contribution >= 0.6 is 12.4 Å². The Balaban J connectivity index is 0.00000261. The largest absolute Gasteiger partial charge is 0.493 e. The number of rotatable bonds is 8. The minimum Gasteiger partial charge on any atom is -0.493 e. The molecular weight excluding hydrogens is 374 g/mol. The van der Waals surface area contributed by atoms with Gasteiger partial charge in [-0.1, -0.05) is 0 Å². The van der Waals surface area contributed by atoms with Crippen molar-refractivity contribution in [2.24, 2.45) is 5.73 Å². The van der Waals surface area contributed by atoms with Crippen LogP contribution in [0, 0.1) is 0 Å². The molecule has 2 amide bonds. The second kappa shape index (κ2) is 9.77. The van der Waals surface area contributed by atoms with E-state index < -0.39 is 6.10 Å². The molecule has 1 aliphatic heterocycles. The molecule has 8 nitrogen and oxygen atoms in total. The number of hydrogen-bond donors (Lipinski definition) is 3. The highest BCUT2D eigenvalue weighted by atomic mass is 35.5. The molecule has 0 bridgehead atoms. The van der Waals surface area contributed by atoms with E-state index in [2.05, 4.69) is 10.6 Å². The molecular formula is C18H26ClN3O5. The number of carbonyl (C=O) groups excluding carboxylic acids is 2. The van der Waals surface area contributed by atoms with Crippen molar-refractivity contribution in [2.75, 3.05) is 25.6 Å². The summed E-state index contributed by atoms with van der Waals surface area (Å²) in [5.41, 5.74) is 6.12. The second-order valence-electron chi connectivity index (χ2n) is 6.55. The van der Waals surface area contributed by atoms with Crippen molar-refractivity contribution in [1.29, 1.82) is 0 Å². The summed E-state index contributed by atoms with van der Waals surface area (Å²) in [5, 5.41) is 5.66. The zero-order valence-electron chi connectivity index (χ0n) is 15.2. The summed E-state index contributed by atoms with van der Waals surface area (Å²) in [6.45, 7) is 0.307. The summed E-state index contributed by atoms with van der Waals surface area (Å²) in [6, 6.07) is 5.31.